The van der Waals surface area contributed by atoms with Crippen LogP contribution >= 0.6 is 0 Å². The summed E-state index contributed by atoms with van der Waals surface area (Å²) < 4.78 is 17.3. The third kappa shape index (κ3) is 7.62. The SMILES string of the molecule is CCN(c1cc(OCCCN2CCOCC2)cc(C(=O)NCc2c(C)cc(C)[nH]c2=O)c1C)C1CCOCC1. The topological polar surface area (TPSA) is 96.1 Å². The van der Waals surface area contributed by atoms with Gasteiger partial charge in [-0.15, -0.1) is 0 Å². The number of aromatic nitrogens is 1. The largest absolute Gasteiger partial charge is 0.493 e. The molecule has 1 aromatic heterocycles. The third-order valence-corrected chi connectivity index (χ3v) is 7.79. The van der Waals surface area contributed by atoms with E-state index in [4.69, 9.17) is 14.2 Å². The van der Waals surface area contributed by atoms with Crippen LogP contribution in [0, 0.1) is 20.8 Å². The van der Waals surface area contributed by atoms with Gasteiger partial charge in [0.15, 0.2) is 0 Å². The van der Waals surface area contributed by atoms with Crippen LogP contribution in [-0.2, 0) is 16.0 Å². The molecule has 214 valence electrons. The minimum Gasteiger partial charge on any atom is -0.493 e. The standard InChI is InChI=1S/C30H44N4O5/c1-5-34(24-7-13-37-14-8-24)28-19-25(39-12-6-9-33-10-15-38-16-11-33)18-26(23(28)4)29(35)31-20-27-21(2)17-22(3)32-30(27)36/h17-19,24H,5-16,20H2,1-4H3,(H,31,35)(H,32,36). The number of anilines is 1. The molecule has 2 aliphatic heterocycles. The van der Waals surface area contributed by atoms with Crippen LogP contribution < -0.4 is 20.5 Å². The molecule has 2 aliphatic rings. The molecule has 2 saturated heterocycles. The second-order valence-electron chi connectivity index (χ2n) is 10.5. The van der Waals surface area contributed by atoms with Crippen molar-refractivity contribution in [2.75, 3.05) is 64.1 Å². The number of rotatable bonds is 11. The third-order valence-electron chi connectivity index (χ3n) is 7.79. The normalized spacial score (nSPS) is 16.7. The second-order valence-corrected chi connectivity index (χ2v) is 10.5. The molecule has 4 rings (SSSR count). The van der Waals surface area contributed by atoms with Gasteiger partial charge < -0.3 is 29.4 Å². The monoisotopic (exact) mass is 540 g/mol. The molecule has 0 spiro atoms. The Kier molecular flexibility index (Phi) is 10.4. The number of aromatic amines is 1. The van der Waals surface area contributed by atoms with Crippen molar-refractivity contribution in [3.8, 4) is 5.75 Å². The number of carbonyl (C=O) groups excluding carboxylic acids is 1. The molecule has 0 saturated carbocycles. The molecule has 0 radical (unpaired) electrons. The lowest BCUT2D eigenvalue weighted by Gasteiger charge is -2.36. The number of ether oxygens (including phenoxy) is 3. The zero-order valence-corrected chi connectivity index (χ0v) is 23.9. The molecule has 39 heavy (non-hydrogen) atoms. The maximum absolute atomic E-state index is 13.5. The first-order valence-electron chi connectivity index (χ1n) is 14.3. The van der Waals surface area contributed by atoms with Crippen LogP contribution in [0.2, 0.25) is 0 Å². The van der Waals surface area contributed by atoms with Crippen LogP contribution in [0.5, 0.6) is 5.75 Å². The predicted molar refractivity (Wildman–Crippen MR) is 153 cm³/mol. The minimum absolute atomic E-state index is 0.164. The summed E-state index contributed by atoms with van der Waals surface area (Å²) in [6.07, 6.45) is 2.81. The quantitative estimate of drug-likeness (QED) is 0.422. The van der Waals surface area contributed by atoms with E-state index >= 15 is 0 Å². The van der Waals surface area contributed by atoms with Crippen molar-refractivity contribution in [3.63, 3.8) is 0 Å². The first-order valence-corrected chi connectivity index (χ1v) is 14.3. The van der Waals surface area contributed by atoms with Crippen LogP contribution in [0.3, 0.4) is 0 Å². The van der Waals surface area contributed by atoms with Gasteiger partial charge in [-0.05, 0) is 70.2 Å². The Bertz CT molecular complexity index is 1170. The van der Waals surface area contributed by atoms with Crippen LogP contribution in [0.25, 0.3) is 0 Å². The van der Waals surface area contributed by atoms with Crippen molar-refractivity contribution in [2.45, 2.75) is 59.5 Å². The molecule has 2 N–H and O–H groups in total. The molecule has 2 aromatic rings. The zero-order chi connectivity index (χ0) is 27.8. The summed E-state index contributed by atoms with van der Waals surface area (Å²) in [5.74, 6) is 0.479. The van der Waals surface area contributed by atoms with Gasteiger partial charge in [-0.25, -0.2) is 0 Å². The van der Waals surface area contributed by atoms with Gasteiger partial charge in [0.2, 0.25) is 0 Å². The number of pyridine rings is 1. The zero-order valence-electron chi connectivity index (χ0n) is 23.9. The van der Waals surface area contributed by atoms with E-state index in [0.29, 0.717) is 29.5 Å². The predicted octanol–water partition coefficient (Wildman–Crippen LogP) is 3.34. The van der Waals surface area contributed by atoms with E-state index in [2.05, 4.69) is 33.1 Å². The number of morpholine rings is 1. The Morgan fingerprint density at radius 2 is 1.82 bits per heavy atom. The Labute approximate surface area is 231 Å². The number of hydrogen-bond donors (Lipinski definition) is 2. The van der Waals surface area contributed by atoms with Gasteiger partial charge in [0, 0.05) is 80.6 Å². The summed E-state index contributed by atoms with van der Waals surface area (Å²) in [6, 6.07) is 6.19. The van der Waals surface area contributed by atoms with Crippen molar-refractivity contribution in [3.05, 3.63) is 56.5 Å². The lowest BCUT2D eigenvalue weighted by molar-refractivity contribution is 0.0358. The van der Waals surface area contributed by atoms with E-state index < -0.39 is 0 Å². The highest BCUT2D eigenvalue weighted by molar-refractivity contribution is 5.97. The van der Waals surface area contributed by atoms with Crippen LogP contribution in [0.15, 0.2) is 23.0 Å². The summed E-state index contributed by atoms with van der Waals surface area (Å²) in [6.45, 7) is 15.4. The van der Waals surface area contributed by atoms with Crippen LogP contribution in [-0.4, -0.2) is 81.0 Å². The van der Waals surface area contributed by atoms with Crippen molar-refractivity contribution in [2.24, 2.45) is 0 Å². The van der Waals surface area contributed by atoms with Crippen molar-refractivity contribution in [1.29, 1.82) is 0 Å². The number of H-pyrrole nitrogens is 1. The number of hydrogen-bond acceptors (Lipinski definition) is 7. The maximum Gasteiger partial charge on any atom is 0.253 e. The average Bonchev–Trinajstić information content (AvgIpc) is 2.93. The van der Waals surface area contributed by atoms with Gasteiger partial charge in [-0.2, -0.15) is 0 Å². The molecular formula is C30H44N4O5. The number of aryl methyl sites for hydroxylation is 2. The first kappa shape index (κ1) is 29.1. The van der Waals surface area contributed by atoms with Gasteiger partial charge in [0.1, 0.15) is 5.75 Å². The summed E-state index contributed by atoms with van der Waals surface area (Å²) >= 11 is 0. The maximum atomic E-state index is 13.5. The molecule has 0 unspecified atom stereocenters. The number of amides is 1. The van der Waals surface area contributed by atoms with Crippen molar-refractivity contribution in [1.82, 2.24) is 15.2 Å². The minimum atomic E-state index is -0.213. The molecule has 9 nitrogen and oxygen atoms in total. The highest BCUT2D eigenvalue weighted by Gasteiger charge is 2.25. The second kappa shape index (κ2) is 14.0. The molecule has 3 heterocycles. The average molecular weight is 541 g/mol. The summed E-state index contributed by atoms with van der Waals surface area (Å²) in [7, 11) is 0. The van der Waals surface area contributed by atoms with Crippen molar-refractivity contribution >= 4 is 11.6 Å². The van der Waals surface area contributed by atoms with E-state index in [1.54, 1.807) is 0 Å². The van der Waals surface area contributed by atoms with E-state index in [-0.39, 0.29) is 18.0 Å². The number of nitrogens with one attached hydrogen (secondary N) is 2. The number of benzene rings is 1. The Morgan fingerprint density at radius 1 is 1.10 bits per heavy atom. The van der Waals surface area contributed by atoms with Gasteiger partial charge in [-0.3, -0.25) is 14.5 Å². The molecule has 2 fully saturated rings. The fraction of sp³-hybridized carbons (Fsp3) is 0.600. The van der Waals surface area contributed by atoms with Gasteiger partial charge in [0.25, 0.3) is 11.5 Å². The van der Waals surface area contributed by atoms with Crippen LogP contribution in [0.4, 0.5) is 5.69 Å². The fourth-order valence-electron chi connectivity index (χ4n) is 5.58. The smallest absolute Gasteiger partial charge is 0.253 e. The van der Waals surface area contributed by atoms with Crippen LogP contribution in [0.1, 0.15) is 58.9 Å². The first-order chi connectivity index (χ1) is 18.9. The van der Waals surface area contributed by atoms with E-state index in [0.717, 1.165) is 94.4 Å². The Morgan fingerprint density at radius 3 is 2.51 bits per heavy atom. The van der Waals surface area contributed by atoms with E-state index in [9.17, 15) is 9.59 Å². The van der Waals surface area contributed by atoms with E-state index in [1.165, 1.54) is 0 Å². The highest BCUT2D eigenvalue weighted by Crippen LogP contribution is 2.33. The molecule has 0 atom stereocenters. The van der Waals surface area contributed by atoms with E-state index in [1.807, 2.05) is 32.9 Å². The van der Waals surface area contributed by atoms with Gasteiger partial charge >= 0.3 is 0 Å². The lowest BCUT2D eigenvalue weighted by atomic mass is 10.0. The van der Waals surface area contributed by atoms with Gasteiger partial charge in [-0.1, -0.05) is 0 Å². The molecule has 0 bridgehead atoms. The number of nitrogens with zero attached hydrogens (tertiary/aromatic N) is 2. The lowest BCUT2D eigenvalue weighted by Crippen LogP contribution is -2.40. The summed E-state index contributed by atoms with van der Waals surface area (Å²) in [5.41, 5.74) is 4.57. The molecule has 9 heteroatoms. The van der Waals surface area contributed by atoms with Gasteiger partial charge in [0.05, 0.1) is 19.8 Å². The van der Waals surface area contributed by atoms with Crippen molar-refractivity contribution < 1.29 is 19.0 Å². The fourth-order valence-corrected chi connectivity index (χ4v) is 5.58. The summed E-state index contributed by atoms with van der Waals surface area (Å²) in [4.78, 5) is 33.6. The highest BCUT2D eigenvalue weighted by atomic mass is 16.5. The molecule has 1 amide bonds. The molecular weight excluding hydrogens is 496 g/mol. The Balaban J connectivity index is 1.54. The molecule has 0 aliphatic carbocycles. The summed E-state index contributed by atoms with van der Waals surface area (Å²) in [5, 5.41) is 2.99. The number of carbonyl (C=O) groups is 1. The Hall–Kier alpha value is -2.88. The molecule has 1 aromatic carbocycles.